The molecule has 0 aromatic heterocycles. The van der Waals surface area contributed by atoms with Crippen LogP contribution in [0.2, 0.25) is 0 Å². The maximum atomic E-state index is 13.0. The van der Waals surface area contributed by atoms with Gasteiger partial charge in [-0.15, -0.1) is 0 Å². The molecule has 0 aliphatic carbocycles. The topological polar surface area (TPSA) is 67.9 Å². The van der Waals surface area contributed by atoms with E-state index in [4.69, 9.17) is 9.47 Å². The van der Waals surface area contributed by atoms with E-state index in [-0.39, 0.29) is 48.1 Å². The van der Waals surface area contributed by atoms with Gasteiger partial charge in [0.25, 0.3) is 0 Å². The van der Waals surface area contributed by atoms with Crippen molar-refractivity contribution < 1.29 is 32.2 Å². The normalized spacial score (nSPS) is 23.1. The predicted octanol–water partition coefficient (Wildman–Crippen LogP) is 2.93. The minimum atomic E-state index is -4.50. The molecule has 2 amide bonds. The summed E-state index contributed by atoms with van der Waals surface area (Å²) in [4.78, 5) is 26.3. The Kier molecular flexibility index (Phi) is 6.12. The van der Waals surface area contributed by atoms with Crippen molar-refractivity contribution in [1.82, 2.24) is 4.90 Å². The van der Waals surface area contributed by atoms with E-state index in [0.29, 0.717) is 32.5 Å². The number of ether oxygens (including phenoxy) is 2. The zero-order valence-corrected chi connectivity index (χ0v) is 15.6. The zero-order chi connectivity index (χ0) is 20.3. The van der Waals surface area contributed by atoms with Crippen molar-refractivity contribution >= 4 is 17.5 Å². The third kappa shape index (κ3) is 4.76. The molecule has 0 bridgehead atoms. The summed E-state index contributed by atoms with van der Waals surface area (Å²) in [5, 5.41) is 2.57. The van der Waals surface area contributed by atoms with Gasteiger partial charge >= 0.3 is 6.18 Å². The van der Waals surface area contributed by atoms with Gasteiger partial charge in [0.2, 0.25) is 11.8 Å². The predicted molar refractivity (Wildman–Crippen MR) is 94.9 cm³/mol. The molecule has 0 radical (unpaired) electrons. The van der Waals surface area contributed by atoms with E-state index in [1.807, 2.05) is 0 Å². The summed E-state index contributed by atoms with van der Waals surface area (Å²) < 4.78 is 49.5. The van der Waals surface area contributed by atoms with Gasteiger partial charge in [0, 0.05) is 26.6 Å². The number of nitrogens with one attached hydrogen (secondary N) is 1. The van der Waals surface area contributed by atoms with Gasteiger partial charge in [0.15, 0.2) is 0 Å². The molecule has 2 aliphatic rings. The largest absolute Gasteiger partial charge is 0.491 e. The summed E-state index contributed by atoms with van der Waals surface area (Å²) in [5.41, 5.74) is -0.805. The van der Waals surface area contributed by atoms with Crippen LogP contribution < -0.4 is 10.1 Å². The number of carbonyl (C=O) groups excluding carboxylic acids is 2. The first kappa shape index (κ1) is 20.4. The van der Waals surface area contributed by atoms with Crippen molar-refractivity contribution in [3.05, 3.63) is 23.8 Å². The van der Waals surface area contributed by atoms with Gasteiger partial charge in [0.05, 0.1) is 17.9 Å². The highest BCUT2D eigenvalue weighted by Crippen LogP contribution is 2.37. The molecular formula is C19H23F3N2O4. The third-order valence-electron chi connectivity index (χ3n) is 5.29. The summed E-state index contributed by atoms with van der Waals surface area (Å²) in [6.45, 7) is 1.36. The lowest BCUT2D eigenvalue weighted by Gasteiger charge is -2.39. The average Bonchev–Trinajstić information content (AvgIpc) is 2.63. The number of likely N-dealkylation sites (tertiary alicyclic amines) is 1. The Morgan fingerprint density at radius 1 is 1.32 bits per heavy atom. The molecule has 1 saturated heterocycles. The van der Waals surface area contributed by atoms with Crippen LogP contribution in [0, 0.1) is 11.8 Å². The second-order valence-electron chi connectivity index (χ2n) is 7.18. The van der Waals surface area contributed by atoms with E-state index >= 15 is 0 Å². The quantitative estimate of drug-likeness (QED) is 0.829. The number of anilines is 1. The Balaban J connectivity index is 1.76. The Labute approximate surface area is 161 Å². The summed E-state index contributed by atoms with van der Waals surface area (Å²) in [6.07, 6.45) is -3.04. The Hall–Kier alpha value is -2.29. The fourth-order valence-corrected chi connectivity index (χ4v) is 3.81. The van der Waals surface area contributed by atoms with Crippen molar-refractivity contribution in [3.63, 3.8) is 0 Å². The van der Waals surface area contributed by atoms with Crippen LogP contribution in [-0.4, -0.2) is 50.1 Å². The number of benzene rings is 1. The first-order chi connectivity index (χ1) is 13.3. The standard InChI is InChI=1S/C19H23F3N2O4/c1-27-11-18(26)24-6-4-12-8-17(25)23-15-9-14(19(20,21)22)2-3-16(15)28-7-5-13(12)10-24/h2-3,9,12-13H,4-8,10-11H2,1H3,(H,23,25)/t12-,13-/m0/s1. The highest BCUT2D eigenvalue weighted by molar-refractivity contribution is 5.92. The van der Waals surface area contributed by atoms with E-state index in [1.165, 1.54) is 13.2 Å². The van der Waals surface area contributed by atoms with Gasteiger partial charge in [-0.1, -0.05) is 0 Å². The number of carbonyl (C=O) groups is 2. The highest BCUT2D eigenvalue weighted by atomic mass is 19.4. The molecule has 0 unspecified atom stereocenters. The van der Waals surface area contributed by atoms with E-state index in [9.17, 15) is 22.8 Å². The smallest absolute Gasteiger partial charge is 0.416 e. The molecular weight excluding hydrogens is 377 g/mol. The highest BCUT2D eigenvalue weighted by Gasteiger charge is 2.34. The van der Waals surface area contributed by atoms with Gasteiger partial charge in [0.1, 0.15) is 12.4 Å². The number of methoxy groups -OCH3 is 1. The number of piperidine rings is 1. The first-order valence-corrected chi connectivity index (χ1v) is 9.18. The van der Waals surface area contributed by atoms with Crippen LogP contribution in [-0.2, 0) is 20.5 Å². The maximum absolute atomic E-state index is 13.0. The van der Waals surface area contributed by atoms with Crippen molar-refractivity contribution in [2.45, 2.75) is 25.4 Å². The molecule has 6 nitrogen and oxygen atoms in total. The zero-order valence-electron chi connectivity index (χ0n) is 15.6. The monoisotopic (exact) mass is 400 g/mol. The van der Waals surface area contributed by atoms with E-state index < -0.39 is 11.7 Å². The number of fused-ring (bicyclic) bond motifs is 2. The van der Waals surface area contributed by atoms with Gasteiger partial charge in [-0.05, 0) is 42.9 Å². The number of hydrogen-bond donors (Lipinski definition) is 1. The second-order valence-corrected chi connectivity index (χ2v) is 7.18. The second kappa shape index (κ2) is 8.38. The van der Waals surface area contributed by atoms with Crippen molar-refractivity contribution in [3.8, 4) is 5.75 Å². The lowest BCUT2D eigenvalue weighted by atomic mass is 9.81. The lowest BCUT2D eigenvalue weighted by Crippen LogP contribution is -2.46. The van der Waals surface area contributed by atoms with Crippen LogP contribution in [0.3, 0.4) is 0 Å². The maximum Gasteiger partial charge on any atom is 0.416 e. The number of hydrogen-bond acceptors (Lipinski definition) is 4. The summed E-state index contributed by atoms with van der Waals surface area (Å²) >= 11 is 0. The third-order valence-corrected chi connectivity index (χ3v) is 5.29. The molecule has 0 spiro atoms. The first-order valence-electron chi connectivity index (χ1n) is 9.18. The molecule has 28 heavy (non-hydrogen) atoms. The fourth-order valence-electron chi connectivity index (χ4n) is 3.81. The molecule has 3 rings (SSSR count). The van der Waals surface area contributed by atoms with Gasteiger partial charge < -0.3 is 19.7 Å². The van der Waals surface area contributed by atoms with Crippen LogP contribution in [0.25, 0.3) is 0 Å². The van der Waals surface area contributed by atoms with E-state index in [1.54, 1.807) is 4.90 Å². The SMILES string of the molecule is COCC(=O)N1CC[C@H]2CC(=O)Nc3cc(C(F)(F)F)ccc3OCC[C@H]2C1. The van der Waals surface area contributed by atoms with E-state index in [0.717, 1.165) is 12.1 Å². The minimum absolute atomic E-state index is 0.0171. The number of nitrogens with zero attached hydrogens (tertiary/aromatic N) is 1. The molecule has 154 valence electrons. The minimum Gasteiger partial charge on any atom is -0.491 e. The Morgan fingerprint density at radius 3 is 2.82 bits per heavy atom. The van der Waals surface area contributed by atoms with Crippen LogP contribution in [0.1, 0.15) is 24.8 Å². The molecule has 1 N–H and O–H groups in total. The average molecular weight is 400 g/mol. The lowest BCUT2D eigenvalue weighted by molar-refractivity contribution is -0.139. The molecule has 2 heterocycles. The van der Waals surface area contributed by atoms with Gasteiger partial charge in [-0.25, -0.2) is 0 Å². The fraction of sp³-hybridized carbons (Fsp3) is 0.579. The summed E-state index contributed by atoms with van der Waals surface area (Å²) in [5.74, 6) is -0.104. The van der Waals surface area contributed by atoms with Crippen LogP contribution in [0.5, 0.6) is 5.75 Å². The van der Waals surface area contributed by atoms with Crippen molar-refractivity contribution in [2.75, 3.05) is 38.7 Å². The molecule has 9 heteroatoms. The number of halogens is 3. The van der Waals surface area contributed by atoms with Gasteiger partial charge in [-0.2, -0.15) is 13.2 Å². The number of alkyl halides is 3. The molecule has 1 aromatic carbocycles. The molecule has 2 aliphatic heterocycles. The summed E-state index contributed by atoms with van der Waals surface area (Å²) in [7, 11) is 1.47. The van der Waals surface area contributed by atoms with Crippen LogP contribution >= 0.6 is 0 Å². The summed E-state index contributed by atoms with van der Waals surface area (Å²) in [6, 6.07) is 3.07. The van der Waals surface area contributed by atoms with Crippen molar-refractivity contribution in [1.29, 1.82) is 0 Å². The van der Waals surface area contributed by atoms with Crippen LogP contribution in [0.15, 0.2) is 18.2 Å². The Morgan fingerprint density at radius 2 is 2.11 bits per heavy atom. The van der Waals surface area contributed by atoms with Gasteiger partial charge in [-0.3, -0.25) is 9.59 Å². The molecule has 2 atom stereocenters. The number of amides is 2. The number of rotatable bonds is 2. The molecule has 1 aromatic rings. The molecule has 1 fully saturated rings. The van der Waals surface area contributed by atoms with Crippen LogP contribution in [0.4, 0.5) is 18.9 Å². The van der Waals surface area contributed by atoms with Crippen molar-refractivity contribution in [2.24, 2.45) is 11.8 Å². The van der Waals surface area contributed by atoms with E-state index in [2.05, 4.69) is 5.32 Å². The Bertz CT molecular complexity index is 738. The molecule has 0 saturated carbocycles.